The standard InChI is InChI=1S/C21H9NO6S/c1-8-4-2-5-9-12(8)19(26)21-14(16(9)23)15-18(25)13-10(17(24)20(15)29-21)6-3-7-11(13)22(27)28/h2-7H,1H3. The van der Waals surface area contributed by atoms with E-state index in [-0.39, 0.29) is 41.7 Å². The molecule has 1 heterocycles. The van der Waals surface area contributed by atoms with Crippen LogP contribution < -0.4 is 21.7 Å². The molecular weight excluding hydrogens is 394 g/mol. The summed E-state index contributed by atoms with van der Waals surface area (Å²) in [5.41, 5.74) is -2.22. The molecule has 1 aromatic heterocycles. The molecule has 0 saturated heterocycles. The molecule has 0 unspecified atom stereocenters. The van der Waals surface area contributed by atoms with E-state index in [1.807, 2.05) is 0 Å². The lowest BCUT2D eigenvalue weighted by Gasteiger charge is -2.01. The van der Waals surface area contributed by atoms with Gasteiger partial charge in [0.1, 0.15) is 5.39 Å². The van der Waals surface area contributed by atoms with Crippen molar-refractivity contribution in [3.8, 4) is 0 Å². The number of rotatable bonds is 1. The lowest BCUT2D eigenvalue weighted by atomic mass is 9.99. The van der Waals surface area contributed by atoms with E-state index in [1.54, 1.807) is 19.1 Å². The lowest BCUT2D eigenvalue weighted by molar-refractivity contribution is -0.383. The summed E-state index contributed by atoms with van der Waals surface area (Å²) >= 11 is 0.801. The largest absolute Gasteiger partial charge is 0.289 e. The van der Waals surface area contributed by atoms with Crippen molar-refractivity contribution in [1.82, 2.24) is 0 Å². The van der Waals surface area contributed by atoms with Crippen molar-refractivity contribution >= 4 is 58.7 Å². The van der Waals surface area contributed by atoms with Crippen LogP contribution in [0.1, 0.15) is 5.56 Å². The number of hydrogen-bond acceptors (Lipinski definition) is 7. The average molecular weight is 403 g/mol. The summed E-state index contributed by atoms with van der Waals surface area (Å²) in [5.74, 6) is 0. The first-order valence-electron chi connectivity index (χ1n) is 8.55. The molecule has 4 aromatic carbocycles. The van der Waals surface area contributed by atoms with E-state index >= 15 is 0 Å². The highest BCUT2D eigenvalue weighted by Gasteiger charge is 2.25. The minimum Gasteiger partial charge on any atom is -0.289 e. The van der Waals surface area contributed by atoms with Gasteiger partial charge < -0.3 is 0 Å². The van der Waals surface area contributed by atoms with Gasteiger partial charge in [0.2, 0.25) is 16.3 Å². The second-order valence-electron chi connectivity index (χ2n) is 6.78. The quantitative estimate of drug-likeness (QED) is 0.314. The van der Waals surface area contributed by atoms with Crippen molar-refractivity contribution in [1.29, 1.82) is 0 Å². The van der Waals surface area contributed by atoms with Crippen molar-refractivity contribution in [3.63, 3.8) is 0 Å². The van der Waals surface area contributed by atoms with E-state index in [0.29, 0.717) is 5.56 Å². The second-order valence-corrected chi connectivity index (χ2v) is 7.80. The highest BCUT2D eigenvalue weighted by Crippen LogP contribution is 2.31. The zero-order valence-electron chi connectivity index (χ0n) is 14.8. The number of benzene rings is 4. The minimum absolute atomic E-state index is 0.0268. The molecule has 0 amide bonds. The molecule has 0 saturated carbocycles. The molecule has 0 bridgehead atoms. The Morgan fingerprint density at radius 3 is 2.00 bits per heavy atom. The van der Waals surface area contributed by atoms with Crippen molar-refractivity contribution in [2.45, 2.75) is 6.92 Å². The molecule has 0 aliphatic heterocycles. The van der Waals surface area contributed by atoms with E-state index < -0.39 is 32.3 Å². The number of non-ortho nitro benzene ring substituents is 1. The predicted molar refractivity (Wildman–Crippen MR) is 113 cm³/mol. The number of nitro benzene ring substituents is 1. The van der Waals surface area contributed by atoms with Gasteiger partial charge >= 0.3 is 0 Å². The van der Waals surface area contributed by atoms with E-state index in [2.05, 4.69) is 0 Å². The van der Waals surface area contributed by atoms with Gasteiger partial charge in [-0.15, -0.1) is 11.3 Å². The van der Waals surface area contributed by atoms with E-state index in [1.165, 1.54) is 18.2 Å². The molecule has 5 rings (SSSR count). The fourth-order valence-corrected chi connectivity index (χ4v) is 5.15. The third-order valence-electron chi connectivity index (χ3n) is 5.23. The average Bonchev–Trinajstić information content (AvgIpc) is 3.11. The Kier molecular flexibility index (Phi) is 3.36. The molecule has 0 aliphatic carbocycles. The van der Waals surface area contributed by atoms with Gasteiger partial charge in [0.05, 0.1) is 25.1 Å². The smallest absolute Gasteiger partial charge is 0.281 e. The summed E-state index contributed by atoms with van der Waals surface area (Å²) in [6, 6.07) is 8.65. The van der Waals surface area contributed by atoms with Crippen LogP contribution in [0.4, 0.5) is 5.69 Å². The zero-order valence-corrected chi connectivity index (χ0v) is 15.6. The first kappa shape index (κ1) is 17.3. The molecule has 0 aliphatic rings. The van der Waals surface area contributed by atoms with Crippen molar-refractivity contribution in [2.75, 3.05) is 0 Å². The van der Waals surface area contributed by atoms with Crippen LogP contribution in [0.5, 0.6) is 0 Å². The Hall–Kier alpha value is -3.78. The van der Waals surface area contributed by atoms with E-state index in [9.17, 15) is 29.3 Å². The minimum atomic E-state index is -0.781. The number of aryl methyl sites for hydroxylation is 1. The summed E-state index contributed by atoms with van der Waals surface area (Å²) < 4.78 is -0.000818. The number of nitro groups is 1. The molecule has 0 fully saturated rings. The highest BCUT2D eigenvalue weighted by atomic mass is 32.1. The van der Waals surface area contributed by atoms with Crippen LogP contribution >= 0.6 is 11.3 Å². The van der Waals surface area contributed by atoms with Gasteiger partial charge in [-0.2, -0.15) is 0 Å². The zero-order chi connectivity index (χ0) is 20.6. The molecule has 140 valence electrons. The van der Waals surface area contributed by atoms with Crippen LogP contribution in [0.25, 0.3) is 41.7 Å². The molecule has 0 radical (unpaired) electrons. The number of thiophene rings is 1. The summed E-state index contributed by atoms with van der Waals surface area (Å²) in [6.07, 6.45) is 0. The van der Waals surface area contributed by atoms with Crippen LogP contribution in [0, 0.1) is 17.0 Å². The number of nitrogens with zero attached hydrogens (tertiary/aromatic N) is 1. The van der Waals surface area contributed by atoms with Crippen LogP contribution in [-0.4, -0.2) is 4.92 Å². The van der Waals surface area contributed by atoms with Gasteiger partial charge in [-0.1, -0.05) is 24.3 Å². The predicted octanol–water partition coefficient (Wildman–Crippen LogP) is 2.89. The normalized spacial score (nSPS) is 11.8. The fraction of sp³-hybridized carbons (Fsp3) is 0.0476. The first-order valence-corrected chi connectivity index (χ1v) is 9.37. The summed E-state index contributed by atoms with van der Waals surface area (Å²) in [6.45, 7) is 1.71. The second kappa shape index (κ2) is 5.62. The topological polar surface area (TPSA) is 111 Å². The molecule has 5 aromatic rings. The Labute approximate surface area is 163 Å². The SMILES string of the molecule is Cc1cccc2c(=O)c3c(sc4c(=O)c5cccc([N+](=O)[O-])c5c(=O)c43)c(=O)c12. The molecule has 7 nitrogen and oxygen atoms in total. The highest BCUT2D eigenvalue weighted by molar-refractivity contribution is 7.25. The summed E-state index contributed by atoms with van der Waals surface area (Å²) in [7, 11) is 0. The van der Waals surface area contributed by atoms with Gasteiger partial charge in [0.25, 0.3) is 5.69 Å². The van der Waals surface area contributed by atoms with Gasteiger partial charge in [0, 0.05) is 22.2 Å². The molecule has 29 heavy (non-hydrogen) atoms. The Balaban J connectivity index is 2.22. The maximum Gasteiger partial charge on any atom is 0.281 e. The van der Waals surface area contributed by atoms with Gasteiger partial charge in [-0.05, 0) is 18.6 Å². The van der Waals surface area contributed by atoms with Crippen LogP contribution in [-0.2, 0) is 0 Å². The maximum atomic E-state index is 13.2. The number of fused-ring (bicyclic) bond motifs is 5. The van der Waals surface area contributed by atoms with Crippen molar-refractivity contribution < 1.29 is 4.92 Å². The molecule has 0 N–H and O–H groups in total. The van der Waals surface area contributed by atoms with Gasteiger partial charge in [0.15, 0.2) is 5.43 Å². The van der Waals surface area contributed by atoms with Crippen molar-refractivity contribution in [3.05, 3.63) is 93.0 Å². The maximum absolute atomic E-state index is 13.2. The Morgan fingerprint density at radius 2 is 1.31 bits per heavy atom. The Bertz CT molecular complexity index is 1770. The van der Waals surface area contributed by atoms with Gasteiger partial charge in [-0.3, -0.25) is 29.3 Å². The summed E-state index contributed by atoms with van der Waals surface area (Å²) in [4.78, 5) is 63.2. The van der Waals surface area contributed by atoms with Gasteiger partial charge in [-0.25, -0.2) is 0 Å². The van der Waals surface area contributed by atoms with Crippen LogP contribution in [0.2, 0.25) is 0 Å². The third kappa shape index (κ3) is 2.06. The van der Waals surface area contributed by atoms with E-state index in [4.69, 9.17) is 0 Å². The molecule has 8 heteroatoms. The monoisotopic (exact) mass is 403 g/mol. The summed E-state index contributed by atoms with van der Waals surface area (Å²) in [5, 5.41) is 11.1. The first-order chi connectivity index (χ1) is 13.8. The van der Waals surface area contributed by atoms with Crippen molar-refractivity contribution in [2.24, 2.45) is 0 Å². The van der Waals surface area contributed by atoms with E-state index in [0.717, 1.165) is 17.4 Å². The molecule has 0 atom stereocenters. The fourth-order valence-electron chi connectivity index (χ4n) is 3.96. The molecule has 0 spiro atoms. The lowest BCUT2D eigenvalue weighted by Crippen LogP contribution is -2.16. The number of hydrogen-bond donors (Lipinski definition) is 0. The molecular formula is C21H9NO6S. The third-order valence-corrected chi connectivity index (χ3v) is 6.42. The Morgan fingerprint density at radius 1 is 0.724 bits per heavy atom. The van der Waals surface area contributed by atoms with Crippen LogP contribution in [0.3, 0.4) is 0 Å². The van der Waals surface area contributed by atoms with Crippen LogP contribution in [0.15, 0.2) is 55.6 Å².